The summed E-state index contributed by atoms with van der Waals surface area (Å²) in [6, 6.07) is 9.10. The van der Waals surface area contributed by atoms with E-state index in [1.54, 1.807) is 17.9 Å². The molecular weight excluding hydrogens is 354 g/mol. The van der Waals surface area contributed by atoms with Gasteiger partial charge in [-0.3, -0.25) is 4.79 Å². The molecule has 0 bridgehead atoms. The second kappa shape index (κ2) is 7.59. The fourth-order valence-corrected chi connectivity index (χ4v) is 4.55. The third kappa shape index (κ3) is 4.31. The van der Waals surface area contributed by atoms with Crippen LogP contribution in [0.2, 0.25) is 0 Å². The maximum atomic E-state index is 12.7. The zero-order valence-corrected chi connectivity index (χ0v) is 15.8. The van der Waals surface area contributed by atoms with Crippen LogP contribution in [0.5, 0.6) is 0 Å². The third-order valence-electron chi connectivity index (χ3n) is 4.45. The first kappa shape index (κ1) is 18.6. The molecule has 1 amide bonds. The summed E-state index contributed by atoms with van der Waals surface area (Å²) in [5, 5.41) is 3.75. The lowest BCUT2D eigenvalue weighted by atomic mass is 10.2. The van der Waals surface area contributed by atoms with Crippen LogP contribution in [0.4, 0.5) is 0 Å². The molecule has 8 heteroatoms. The fourth-order valence-electron chi connectivity index (χ4n) is 2.99. The minimum Gasteiger partial charge on any atom is -0.361 e. The highest BCUT2D eigenvalue weighted by molar-refractivity contribution is 7.88. The molecule has 2 aromatic rings. The number of hydrogen-bond acceptors (Lipinski definition) is 5. The highest BCUT2D eigenvalue weighted by Crippen LogP contribution is 2.16. The number of sulfonamides is 1. The predicted molar refractivity (Wildman–Crippen MR) is 97.1 cm³/mol. The number of aromatic nitrogens is 1. The van der Waals surface area contributed by atoms with Gasteiger partial charge in [0, 0.05) is 32.2 Å². The van der Waals surface area contributed by atoms with Gasteiger partial charge < -0.3 is 9.42 Å². The molecule has 2 heterocycles. The Balaban J connectivity index is 1.65. The molecule has 1 aromatic carbocycles. The molecule has 1 saturated heterocycles. The summed E-state index contributed by atoms with van der Waals surface area (Å²) >= 11 is 0. The zero-order valence-electron chi connectivity index (χ0n) is 15.0. The Morgan fingerprint density at radius 2 is 1.85 bits per heavy atom. The van der Waals surface area contributed by atoms with E-state index in [1.165, 1.54) is 4.31 Å². The second-order valence-electron chi connectivity index (χ2n) is 6.61. The summed E-state index contributed by atoms with van der Waals surface area (Å²) in [6.45, 7) is 5.24. The lowest BCUT2D eigenvalue weighted by Gasteiger charge is -2.21. The Morgan fingerprint density at radius 1 is 1.12 bits per heavy atom. The third-order valence-corrected chi connectivity index (χ3v) is 6.30. The van der Waals surface area contributed by atoms with E-state index in [0.717, 1.165) is 11.1 Å². The molecule has 0 saturated carbocycles. The van der Waals surface area contributed by atoms with Crippen LogP contribution < -0.4 is 0 Å². The van der Waals surface area contributed by atoms with Crippen LogP contribution in [0.1, 0.15) is 33.8 Å². The van der Waals surface area contributed by atoms with Crippen molar-refractivity contribution >= 4 is 15.9 Å². The van der Waals surface area contributed by atoms with Crippen LogP contribution >= 0.6 is 0 Å². The van der Waals surface area contributed by atoms with Gasteiger partial charge in [0.15, 0.2) is 5.69 Å². The van der Waals surface area contributed by atoms with Gasteiger partial charge in [0.1, 0.15) is 5.76 Å². The Bertz CT molecular complexity index is 874. The number of nitrogens with zero attached hydrogens (tertiary/aromatic N) is 3. The molecule has 0 N–H and O–H groups in total. The van der Waals surface area contributed by atoms with E-state index < -0.39 is 10.0 Å². The van der Waals surface area contributed by atoms with Gasteiger partial charge in [0.25, 0.3) is 5.91 Å². The normalized spacial score (nSPS) is 16.5. The summed E-state index contributed by atoms with van der Waals surface area (Å²) in [5.41, 5.74) is 2.13. The van der Waals surface area contributed by atoms with Gasteiger partial charge in [0.2, 0.25) is 10.0 Å². The van der Waals surface area contributed by atoms with Gasteiger partial charge in [-0.1, -0.05) is 35.0 Å². The standard InChI is InChI=1S/C18H23N3O4S/c1-14-4-6-16(7-5-14)13-26(23,24)21-9-3-8-20(10-11-21)18(22)17-12-15(2)25-19-17/h4-7,12H,3,8-11,13H2,1-2H3. The molecule has 1 aliphatic heterocycles. The predicted octanol–water partition coefficient (Wildman–Crippen LogP) is 1.97. The monoisotopic (exact) mass is 377 g/mol. The maximum Gasteiger partial charge on any atom is 0.276 e. The SMILES string of the molecule is Cc1ccc(CS(=O)(=O)N2CCCN(C(=O)c3cc(C)on3)CC2)cc1. The summed E-state index contributed by atoms with van der Waals surface area (Å²) in [5.74, 6) is 0.328. The van der Waals surface area contributed by atoms with Crippen molar-refractivity contribution in [1.82, 2.24) is 14.4 Å². The van der Waals surface area contributed by atoms with E-state index in [9.17, 15) is 13.2 Å². The number of carbonyl (C=O) groups excluding carboxylic acids is 1. The first-order valence-electron chi connectivity index (χ1n) is 8.61. The average molecular weight is 377 g/mol. The van der Waals surface area contributed by atoms with Gasteiger partial charge in [-0.2, -0.15) is 4.31 Å². The molecule has 1 aliphatic rings. The average Bonchev–Trinajstić information content (AvgIpc) is 2.88. The van der Waals surface area contributed by atoms with E-state index in [1.807, 2.05) is 31.2 Å². The number of hydrogen-bond donors (Lipinski definition) is 0. The minimum atomic E-state index is -3.42. The summed E-state index contributed by atoms with van der Waals surface area (Å²) < 4.78 is 31.9. The van der Waals surface area contributed by atoms with Gasteiger partial charge in [-0.15, -0.1) is 0 Å². The first-order chi connectivity index (χ1) is 12.3. The largest absolute Gasteiger partial charge is 0.361 e. The molecule has 0 radical (unpaired) electrons. The van der Waals surface area contributed by atoms with E-state index >= 15 is 0 Å². The number of carbonyl (C=O) groups is 1. The molecule has 1 fully saturated rings. The van der Waals surface area contributed by atoms with Crippen LogP contribution in [0, 0.1) is 13.8 Å². The quantitative estimate of drug-likeness (QED) is 0.813. The van der Waals surface area contributed by atoms with Gasteiger partial charge in [-0.05, 0) is 25.8 Å². The lowest BCUT2D eigenvalue weighted by Crippen LogP contribution is -2.37. The lowest BCUT2D eigenvalue weighted by molar-refractivity contribution is 0.0754. The summed E-state index contributed by atoms with van der Waals surface area (Å²) in [6.07, 6.45) is 0.593. The van der Waals surface area contributed by atoms with Crippen molar-refractivity contribution in [2.75, 3.05) is 26.2 Å². The molecule has 1 aromatic heterocycles. The van der Waals surface area contributed by atoms with E-state index in [4.69, 9.17) is 4.52 Å². The van der Waals surface area contributed by atoms with Crippen LogP contribution in [0.15, 0.2) is 34.9 Å². The van der Waals surface area contributed by atoms with Crippen LogP contribution in [-0.4, -0.2) is 54.9 Å². The summed E-state index contributed by atoms with van der Waals surface area (Å²) in [4.78, 5) is 14.1. The molecule has 0 aliphatic carbocycles. The Morgan fingerprint density at radius 3 is 2.50 bits per heavy atom. The topological polar surface area (TPSA) is 83.7 Å². The van der Waals surface area contributed by atoms with E-state index in [0.29, 0.717) is 31.8 Å². The Kier molecular flexibility index (Phi) is 5.43. The van der Waals surface area contributed by atoms with Crippen molar-refractivity contribution in [2.45, 2.75) is 26.0 Å². The molecule has 0 atom stereocenters. The van der Waals surface area contributed by atoms with Crippen molar-refractivity contribution < 1.29 is 17.7 Å². The number of rotatable bonds is 4. The number of amides is 1. The second-order valence-corrected chi connectivity index (χ2v) is 8.58. The minimum absolute atomic E-state index is 0.0241. The number of aryl methyl sites for hydroxylation is 2. The fraction of sp³-hybridized carbons (Fsp3) is 0.444. The van der Waals surface area contributed by atoms with Crippen LogP contribution in [-0.2, 0) is 15.8 Å². The molecule has 26 heavy (non-hydrogen) atoms. The van der Waals surface area contributed by atoms with Crippen LogP contribution in [0.3, 0.4) is 0 Å². The van der Waals surface area contributed by atoms with Gasteiger partial charge in [0.05, 0.1) is 5.75 Å². The highest BCUT2D eigenvalue weighted by atomic mass is 32.2. The Hall–Kier alpha value is -2.19. The van der Waals surface area contributed by atoms with Crippen molar-refractivity contribution in [3.8, 4) is 0 Å². The smallest absolute Gasteiger partial charge is 0.276 e. The summed E-state index contributed by atoms with van der Waals surface area (Å²) in [7, 11) is -3.42. The van der Waals surface area contributed by atoms with Gasteiger partial charge in [-0.25, -0.2) is 8.42 Å². The zero-order chi connectivity index (χ0) is 18.7. The molecule has 0 unspecified atom stereocenters. The Labute approximate surface area is 153 Å². The number of benzene rings is 1. The van der Waals surface area contributed by atoms with Crippen LogP contribution in [0.25, 0.3) is 0 Å². The van der Waals surface area contributed by atoms with E-state index in [-0.39, 0.29) is 23.9 Å². The van der Waals surface area contributed by atoms with Crippen molar-refractivity contribution in [3.05, 3.63) is 52.9 Å². The molecule has 0 spiro atoms. The van der Waals surface area contributed by atoms with Crippen molar-refractivity contribution in [2.24, 2.45) is 0 Å². The molecule has 7 nitrogen and oxygen atoms in total. The molecular formula is C18H23N3O4S. The van der Waals surface area contributed by atoms with Crippen molar-refractivity contribution in [3.63, 3.8) is 0 Å². The van der Waals surface area contributed by atoms with E-state index in [2.05, 4.69) is 5.16 Å². The first-order valence-corrected chi connectivity index (χ1v) is 10.2. The van der Waals surface area contributed by atoms with Gasteiger partial charge >= 0.3 is 0 Å². The maximum absolute atomic E-state index is 12.7. The highest BCUT2D eigenvalue weighted by Gasteiger charge is 2.28. The molecule has 140 valence electrons. The van der Waals surface area contributed by atoms with Crippen molar-refractivity contribution in [1.29, 1.82) is 0 Å². The molecule has 3 rings (SSSR count).